The lowest BCUT2D eigenvalue weighted by atomic mass is 9.82. The summed E-state index contributed by atoms with van der Waals surface area (Å²) in [4.78, 5) is 5.08. The molecule has 8 aromatic rings. The van der Waals surface area contributed by atoms with E-state index in [0.29, 0.717) is 0 Å². The van der Waals surface area contributed by atoms with Crippen molar-refractivity contribution in [2.75, 3.05) is 5.73 Å². The molecule has 2 N–H and O–H groups in total. The summed E-state index contributed by atoms with van der Waals surface area (Å²) in [6, 6.07) is 52.1. The predicted octanol–water partition coefficient (Wildman–Crippen LogP) is 10.8. The Labute approximate surface area is 249 Å². The van der Waals surface area contributed by atoms with Crippen LogP contribution in [0.15, 0.2) is 146 Å². The third-order valence-electron chi connectivity index (χ3n) is 8.87. The molecule has 0 bridgehead atoms. The molecule has 0 amide bonds. The summed E-state index contributed by atoms with van der Waals surface area (Å²) in [5, 5.41) is 6.11. The minimum absolute atomic E-state index is 0.750. The van der Waals surface area contributed by atoms with Crippen molar-refractivity contribution in [2.24, 2.45) is 0 Å². The normalized spacial score (nSPS) is 11.8. The first kappa shape index (κ1) is 23.9. The standard InChI is InChI=1S/C41H26N2/c42-30-19-21-35-27(23-30)18-20-36(43-35)29-22-28-14-9-17-33-37(28)34(24-29)41-39(26-12-5-2-6-13-26)32-16-8-7-15-31(32)38(40(33)41)25-10-3-1-4-11-25/h1-24H,42H2. The molecule has 7 aromatic carbocycles. The van der Waals surface area contributed by atoms with Crippen molar-refractivity contribution in [3.8, 4) is 55.8 Å². The maximum atomic E-state index is 6.05. The summed E-state index contributed by atoms with van der Waals surface area (Å²) in [6.07, 6.45) is 0. The molecule has 1 aliphatic rings. The molecule has 0 saturated carbocycles. The highest BCUT2D eigenvalue weighted by atomic mass is 14.7. The van der Waals surface area contributed by atoms with Crippen LogP contribution in [-0.4, -0.2) is 4.98 Å². The SMILES string of the molecule is Nc1ccc2nc(-c3cc4c5c(cccc5c3)-c3c-4c(-c4ccccc4)c4ccccc4c3-c3ccccc3)ccc2c1. The summed E-state index contributed by atoms with van der Waals surface area (Å²) in [6.45, 7) is 0. The summed E-state index contributed by atoms with van der Waals surface area (Å²) < 4.78 is 0. The molecule has 0 spiro atoms. The molecule has 9 rings (SSSR count). The average molecular weight is 547 g/mol. The van der Waals surface area contributed by atoms with Gasteiger partial charge in [0.1, 0.15) is 0 Å². The zero-order chi connectivity index (χ0) is 28.5. The van der Waals surface area contributed by atoms with Gasteiger partial charge < -0.3 is 5.73 Å². The molecule has 0 unspecified atom stereocenters. The molecular weight excluding hydrogens is 520 g/mol. The van der Waals surface area contributed by atoms with Crippen molar-refractivity contribution < 1.29 is 0 Å². The number of aromatic nitrogens is 1. The fourth-order valence-electron chi connectivity index (χ4n) is 7.07. The predicted molar refractivity (Wildman–Crippen MR) is 182 cm³/mol. The van der Waals surface area contributed by atoms with E-state index in [-0.39, 0.29) is 0 Å². The summed E-state index contributed by atoms with van der Waals surface area (Å²) in [7, 11) is 0. The van der Waals surface area contributed by atoms with Gasteiger partial charge in [0.2, 0.25) is 0 Å². The zero-order valence-corrected chi connectivity index (χ0v) is 23.4. The van der Waals surface area contributed by atoms with Crippen molar-refractivity contribution in [1.82, 2.24) is 4.98 Å². The first-order valence-corrected chi connectivity index (χ1v) is 14.7. The number of fused-ring (bicyclic) bond motifs is 5. The highest BCUT2D eigenvalue weighted by molar-refractivity contribution is 6.28. The number of anilines is 1. The lowest BCUT2D eigenvalue weighted by molar-refractivity contribution is 1.40. The summed E-state index contributed by atoms with van der Waals surface area (Å²) >= 11 is 0. The van der Waals surface area contributed by atoms with Crippen LogP contribution in [0, 0.1) is 0 Å². The molecule has 2 nitrogen and oxygen atoms in total. The van der Waals surface area contributed by atoms with Gasteiger partial charge in [0.25, 0.3) is 0 Å². The largest absolute Gasteiger partial charge is 0.399 e. The minimum Gasteiger partial charge on any atom is -0.399 e. The van der Waals surface area contributed by atoms with Crippen LogP contribution in [-0.2, 0) is 0 Å². The lowest BCUT2D eigenvalue weighted by Gasteiger charge is -2.20. The van der Waals surface area contributed by atoms with Gasteiger partial charge in [-0.1, -0.05) is 109 Å². The van der Waals surface area contributed by atoms with Gasteiger partial charge in [-0.05, 0) is 102 Å². The van der Waals surface area contributed by atoms with Crippen molar-refractivity contribution in [2.45, 2.75) is 0 Å². The highest BCUT2D eigenvalue weighted by Crippen LogP contribution is 2.58. The Hall–Kier alpha value is -5.73. The molecule has 0 saturated heterocycles. The molecule has 43 heavy (non-hydrogen) atoms. The van der Waals surface area contributed by atoms with Crippen LogP contribution in [0.1, 0.15) is 0 Å². The highest BCUT2D eigenvalue weighted by Gasteiger charge is 2.31. The Bertz CT molecular complexity index is 2390. The first-order valence-electron chi connectivity index (χ1n) is 14.7. The van der Waals surface area contributed by atoms with E-state index < -0.39 is 0 Å². The van der Waals surface area contributed by atoms with Gasteiger partial charge >= 0.3 is 0 Å². The van der Waals surface area contributed by atoms with Gasteiger partial charge in [0.15, 0.2) is 0 Å². The van der Waals surface area contributed by atoms with Crippen molar-refractivity contribution >= 4 is 38.1 Å². The number of hydrogen-bond donors (Lipinski definition) is 1. The van der Waals surface area contributed by atoms with Gasteiger partial charge in [-0.2, -0.15) is 0 Å². The third-order valence-corrected chi connectivity index (χ3v) is 8.87. The second-order valence-electron chi connectivity index (χ2n) is 11.4. The van der Waals surface area contributed by atoms with Crippen LogP contribution in [0.4, 0.5) is 5.69 Å². The van der Waals surface area contributed by atoms with E-state index in [1.165, 1.54) is 66.1 Å². The second-order valence-corrected chi connectivity index (χ2v) is 11.4. The molecule has 2 heteroatoms. The number of pyridine rings is 1. The van der Waals surface area contributed by atoms with Crippen LogP contribution < -0.4 is 5.73 Å². The third kappa shape index (κ3) is 3.57. The quantitative estimate of drug-likeness (QED) is 0.224. The Balaban J connectivity index is 1.43. The van der Waals surface area contributed by atoms with E-state index in [1.54, 1.807) is 0 Å². The number of nitrogens with two attached hydrogens (primary N) is 1. The van der Waals surface area contributed by atoms with Crippen molar-refractivity contribution in [3.05, 3.63) is 146 Å². The number of hydrogen-bond acceptors (Lipinski definition) is 2. The van der Waals surface area contributed by atoms with Crippen LogP contribution in [0.5, 0.6) is 0 Å². The Morgan fingerprint density at radius 3 is 1.77 bits per heavy atom. The molecule has 0 fully saturated rings. The Morgan fingerprint density at radius 2 is 1.07 bits per heavy atom. The minimum atomic E-state index is 0.750. The molecule has 0 radical (unpaired) electrons. The number of nitrogen functional groups attached to an aromatic ring is 1. The van der Waals surface area contributed by atoms with E-state index >= 15 is 0 Å². The van der Waals surface area contributed by atoms with E-state index in [4.69, 9.17) is 10.7 Å². The first-order chi connectivity index (χ1) is 21.2. The second kappa shape index (κ2) is 9.14. The zero-order valence-electron chi connectivity index (χ0n) is 23.4. The molecule has 0 aliphatic heterocycles. The smallest absolute Gasteiger partial charge is 0.0711 e. The van der Waals surface area contributed by atoms with Crippen LogP contribution in [0.3, 0.4) is 0 Å². The molecule has 1 aliphatic carbocycles. The van der Waals surface area contributed by atoms with E-state index in [9.17, 15) is 0 Å². The number of nitrogens with zero attached hydrogens (tertiary/aromatic N) is 1. The summed E-state index contributed by atoms with van der Waals surface area (Å²) in [5.41, 5.74) is 20.0. The Morgan fingerprint density at radius 1 is 0.419 bits per heavy atom. The number of benzene rings is 7. The molecule has 200 valence electrons. The molecule has 1 heterocycles. The fourth-order valence-corrected chi connectivity index (χ4v) is 7.07. The Kier molecular flexibility index (Phi) is 5.08. The lowest BCUT2D eigenvalue weighted by Crippen LogP contribution is -1.93. The molecule has 0 atom stereocenters. The van der Waals surface area contributed by atoms with Gasteiger partial charge in [-0.3, -0.25) is 0 Å². The topological polar surface area (TPSA) is 38.9 Å². The summed E-state index contributed by atoms with van der Waals surface area (Å²) in [5.74, 6) is 0. The maximum Gasteiger partial charge on any atom is 0.0711 e. The van der Waals surface area contributed by atoms with Crippen LogP contribution in [0.25, 0.3) is 88.2 Å². The molecule has 1 aromatic heterocycles. The van der Waals surface area contributed by atoms with Crippen molar-refractivity contribution in [1.29, 1.82) is 0 Å². The van der Waals surface area contributed by atoms with Gasteiger partial charge in [-0.25, -0.2) is 4.98 Å². The monoisotopic (exact) mass is 546 g/mol. The van der Waals surface area contributed by atoms with E-state index in [2.05, 4.69) is 127 Å². The average Bonchev–Trinajstić information content (AvgIpc) is 3.39. The van der Waals surface area contributed by atoms with E-state index in [0.717, 1.165) is 27.8 Å². The van der Waals surface area contributed by atoms with Crippen molar-refractivity contribution in [3.63, 3.8) is 0 Å². The van der Waals surface area contributed by atoms with Crippen LogP contribution >= 0.6 is 0 Å². The van der Waals surface area contributed by atoms with Gasteiger partial charge in [0.05, 0.1) is 11.2 Å². The van der Waals surface area contributed by atoms with E-state index in [1.807, 2.05) is 18.2 Å². The maximum absolute atomic E-state index is 6.05. The molecular formula is C41H26N2. The van der Waals surface area contributed by atoms with Gasteiger partial charge in [0, 0.05) is 16.6 Å². The fraction of sp³-hybridized carbons (Fsp3) is 0. The number of rotatable bonds is 3. The van der Waals surface area contributed by atoms with Crippen LogP contribution in [0.2, 0.25) is 0 Å². The van der Waals surface area contributed by atoms with Gasteiger partial charge in [-0.15, -0.1) is 0 Å².